The van der Waals surface area contributed by atoms with E-state index in [-0.39, 0.29) is 0 Å². The highest BCUT2D eigenvalue weighted by atomic mass is 32.1. The van der Waals surface area contributed by atoms with Crippen molar-refractivity contribution in [1.29, 1.82) is 0 Å². The molecule has 2 heterocycles. The molecule has 5 heteroatoms. The van der Waals surface area contributed by atoms with Crippen LogP contribution in [0.4, 0.5) is 0 Å². The van der Waals surface area contributed by atoms with Gasteiger partial charge >= 0.3 is 0 Å². The molecular weight excluding hydrogens is 210 g/mol. The van der Waals surface area contributed by atoms with E-state index in [0.717, 1.165) is 16.5 Å². The maximum Gasteiger partial charge on any atom is 0.142 e. The number of aliphatic hydroxyl groups excluding tert-OH is 1. The molecule has 2 aromatic rings. The minimum absolute atomic E-state index is 0.530. The van der Waals surface area contributed by atoms with Gasteiger partial charge < -0.3 is 5.11 Å². The third kappa shape index (κ3) is 2.19. The predicted molar refractivity (Wildman–Crippen MR) is 58.5 cm³/mol. The van der Waals surface area contributed by atoms with Crippen LogP contribution in [0, 0.1) is 6.92 Å². The first-order chi connectivity index (χ1) is 7.16. The Balaban J connectivity index is 2.37. The van der Waals surface area contributed by atoms with Gasteiger partial charge in [0.1, 0.15) is 16.5 Å². The van der Waals surface area contributed by atoms with Gasteiger partial charge in [-0.25, -0.2) is 15.0 Å². The lowest BCUT2D eigenvalue weighted by molar-refractivity contribution is 0.195. The monoisotopic (exact) mass is 221 g/mol. The van der Waals surface area contributed by atoms with Crippen LogP contribution in [0.3, 0.4) is 0 Å². The molecule has 0 saturated carbocycles. The van der Waals surface area contributed by atoms with Crippen molar-refractivity contribution >= 4 is 11.3 Å². The van der Waals surface area contributed by atoms with Gasteiger partial charge in [0.15, 0.2) is 0 Å². The van der Waals surface area contributed by atoms with Gasteiger partial charge in [-0.15, -0.1) is 11.3 Å². The molecule has 0 aliphatic carbocycles. The van der Waals surface area contributed by atoms with Gasteiger partial charge in [-0.2, -0.15) is 0 Å². The maximum atomic E-state index is 9.35. The summed E-state index contributed by atoms with van der Waals surface area (Å²) in [7, 11) is 0. The van der Waals surface area contributed by atoms with E-state index >= 15 is 0 Å². The molecule has 0 aliphatic rings. The van der Waals surface area contributed by atoms with Gasteiger partial charge in [0, 0.05) is 11.6 Å². The van der Waals surface area contributed by atoms with Crippen LogP contribution in [-0.4, -0.2) is 20.1 Å². The molecule has 0 aromatic carbocycles. The van der Waals surface area contributed by atoms with Crippen LogP contribution in [0.1, 0.15) is 24.5 Å². The Labute approximate surface area is 91.7 Å². The second kappa shape index (κ2) is 4.04. The fourth-order valence-corrected chi connectivity index (χ4v) is 2.05. The summed E-state index contributed by atoms with van der Waals surface area (Å²) in [5, 5.41) is 12.0. The molecular formula is C10H11N3OS. The van der Waals surface area contributed by atoms with Crippen LogP contribution >= 0.6 is 11.3 Å². The molecule has 0 saturated heterocycles. The van der Waals surface area contributed by atoms with E-state index in [1.807, 2.05) is 18.4 Å². The Hall–Kier alpha value is -1.33. The first-order valence-electron chi connectivity index (χ1n) is 4.60. The van der Waals surface area contributed by atoms with Crippen LogP contribution in [0.25, 0.3) is 10.7 Å². The summed E-state index contributed by atoms with van der Waals surface area (Å²) >= 11 is 1.48. The van der Waals surface area contributed by atoms with Crippen LogP contribution < -0.4 is 0 Å². The lowest BCUT2D eigenvalue weighted by Crippen LogP contribution is -1.92. The number of aromatic nitrogens is 3. The van der Waals surface area contributed by atoms with E-state index in [2.05, 4.69) is 15.0 Å². The molecule has 2 aromatic heterocycles. The molecule has 0 spiro atoms. The number of hydrogen-bond donors (Lipinski definition) is 1. The molecule has 4 nitrogen and oxygen atoms in total. The molecule has 1 unspecified atom stereocenters. The standard InChI is InChI=1S/C10H11N3OS/c1-6(14)9-5-15-10(13-9)8-3-4-11-7(2)12-8/h3-6,14H,1-2H3. The topological polar surface area (TPSA) is 58.9 Å². The van der Waals surface area contributed by atoms with E-state index in [1.165, 1.54) is 11.3 Å². The van der Waals surface area contributed by atoms with Crippen molar-refractivity contribution in [2.75, 3.05) is 0 Å². The average Bonchev–Trinajstić information content (AvgIpc) is 2.66. The Bertz CT molecular complexity index is 467. The highest BCUT2D eigenvalue weighted by Crippen LogP contribution is 2.24. The van der Waals surface area contributed by atoms with Gasteiger partial charge in [0.2, 0.25) is 0 Å². The van der Waals surface area contributed by atoms with Crippen molar-refractivity contribution in [3.63, 3.8) is 0 Å². The summed E-state index contributed by atoms with van der Waals surface area (Å²) in [5.41, 5.74) is 1.49. The molecule has 0 bridgehead atoms. The van der Waals surface area contributed by atoms with E-state index in [1.54, 1.807) is 13.1 Å². The molecule has 0 amide bonds. The second-order valence-electron chi connectivity index (χ2n) is 3.24. The van der Waals surface area contributed by atoms with Gasteiger partial charge in [0.25, 0.3) is 0 Å². The number of thiazole rings is 1. The summed E-state index contributed by atoms with van der Waals surface area (Å²) in [4.78, 5) is 12.6. The Morgan fingerprint density at radius 1 is 1.40 bits per heavy atom. The number of rotatable bonds is 2. The van der Waals surface area contributed by atoms with E-state index in [4.69, 9.17) is 0 Å². The van der Waals surface area contributed by atoms with Gasteiger partial charge in [-0.1, -0.05) is 0 Å². The molecule has 1 N–H and O–H groups in total. The van der Waals surface area contributed by atoms with E-state index < -0.39 is 6.10 Å². The molecule has 0 fully saturated rings. The maximum absolute atomic E-state index is 9.35. The van der Waals surface area contributed by atoms with E-state index in [0.29, 0.717) is 5.69 Å². The summed E-state index contributed by atoms with van der Waals surface area (Å²) < 4.78 is 0. The zero-order chi connectivity index (χ0) is 10.8. The lowest BCUT2D eigenvalue weighted by atomic mass is 10.3. The number of nitrogens with zero attached hydrogens (tertiary/aromatic N) is 3. The zero-order valence-electron chi connectivity index (χ0n) is 8.51. The van der Waals surface area contributed by atoms with Gasteiger partial charge in [0.05, 0.1) is 11.8 Å². The number of aliphatic hydroxyl groups is 1. The predicted octanol–water partition coefficient (Wildman–Crippen LogP) is 1.96. The molecule has 0 aliphatic heterocycles. The summed E-state index contributed by atoms with van der Waals surface area (Å²) in [6, 6.07) is 1.82. The average molecular weight is 221 g/mol. The smallest absolute Gasteiger partial charge is 0.142 e. The third-order valence-electron chi connectivity index (χ3n) is 1.95. The summed E-state index contributed by atoms with van der Waals surface area (Å²) in [6.07, 6.45) is 1.18. The van der Waals surface area contributed by atoms with Crippen molar-refractivity contribution in [3.05, 3.63) is 29.2 Å². The Morgan fingerprint density at radius 3 is 2.80 bits per heavy atom. The van der Waals surface area contributed by atoms with Crippen molar-refractivity contribution in [2.24, 2.45) is 0 Å². The molecule has 2 rings (SSSR count). The lowest BCUT2D eigenvalue weighted by Gasteiger charge is -1.97. The minimum Gasteiger partial charge on any atom is -0.387 e. The van der Waals surface area contributed by atoms with Crippen molar-refractivity contribution < 1.29 is 5.11 Å². The number of aryl methyl sites for hydroxylation is 1. The summed E-state index contributed by atoms with van der Waals surface area (Å²) in [5.74, 6) is 0.723. The fraction of sp³-hybridized carbons (Fsp3) is 0.300. The van der Waals surface area contributed by atoms with Crippen molar-refractivity contribution in [1.82, 2.24) is 15.0 Å². The summed E-state index contributed by atoms with van der Waals surface area (Å²) in [6.45, 7) is 3.54. The van der Waals surface area contributed by atoms with Crippen LogP contribution in [0.2, 0.25) is 0 Å². The minimum atomic E-state index is -0.530. The van der Waals surface area contributed by atoms with E-state index in [9.17, 15) is 5.11 Å². The third-order valence-corrected chi connectivity index (χ3v) is 2.83. The molecule has 78 valence electrons. The SMILES string of the molecule is Cc1nccc(-c2nc(C(C)O)cs2)n1. The Kier molecular flexibility index (Phi) is 2.75. The molecule has 1 atom stereocenters. The molecule has 0 radical (unpaired) electrons. The largest absolute Gasteiger partial charge is 0.387 e. The molecule has 15 heavy (non-hydrogen) atoms. The van der Waals surface area contributed by atoms with Crippen molar-refractivity contribution in [2.45, 2.75) is 20.0 Å². The highest BCUT2D eigenvalue weighted by molar-refractivity contribution is 7.13. The highest BCUT2D eigenvalue weighted by Gasteiger charge is 2.09. The zero-order valence-corrected chi connectivity index (χ0v) is 9.32. The van der Waals surface area contributed by atoms with Gasteiger partial charge in [-0.05, 0) is 19.9 Å². The van der Waals surface area contributed by atoms with Crippen LogP contribution in [-0.2, 0) is 0 Å². The first-order valence-corrected chi connectivity index (χ1v) is 5.48. The van der Waals surface area contributed by atoms with Crippen LogP contribution in [0.5, 0.6) is 0 Å². The Morgan fingerprint density at radius 2 is 2.20 bits per heavy atom. The fourth-order valence-electron chi connectivity index (χ4n) is 1.17. The normalized spacial score (nSPS) is 12.7. The second-order valence-corrected chi connectivity index (χ2v) is 4.10. The first kappa shape index (κ1) is 10.2. The van der Waals surface area contributed by atoms with Gasteiger partial charge in [-0.3, -0.25) is 0 Å². The number of hydrogen-bond acceptors (Lipinski definition) is 5. The van der Waals surface area contributed by atoms with Crippen LogP contribution in [0.15, 0.2) is 17.6 Å². The quantitative estimate of drug-likeness (QED) is 0.842. The van der Waals surface area contributed by atoms with Crippen molar-refractivity contribution in [3.8, 4) is 10.7 Å².